The lowest BCUT2D eigenvalue weighted by atomic mass is 9.91. The highest BCUT2D eigenvalue weighted by atomic mass is 35.5. The van der Waals surface area contributed by atoms with Gasteiger partial charge in [-0.3, -0.25) is 9.78 Å². The van der Waals surface area contributed by atoms with Crippen molar-refractivity contribution in [2.45, 2.75) is 37.5 Å². The van der Waals surface area contributed by atoms with Gasteiger partial charge in [-0.25, -0.2) is 0 Å². The Hall–Kier alpha value is -2.55. The van der Waals surface area contributed by atoms with Gasteiger partial charge in [0.1, 0.15) is 11.2 Å². The first-order valence-corrected chi connectivity index (χ1v) is 11.3. The van der Waals surface area contributed by atoms with E-state index < -0.39 is 5.60 Å². The minimum atomic E-state index is -0.914. The van der Waals surface area contributed by atoms with E-state index >= 15 is 0 Å². The molecule has 0 saturated carbocycles. The monoisotopic (exact) mass is 473 g/mol. The van der Waals surface area contributed by atoms with E-state index in [1.807, 2.05) is 17.9 Å². The van der Waals surface area contributed by atoms with Crippen LogP contribution in [0.3, 0.4) is 0 Å². The third-order valence-corrected chi connectivity index (χ3v) is 7.46. The lowest BCUT2D eigenvalue weighted by Gasteiger charge is -2.41. The van der Waals surface area contributed by atoms with E-state index in [0.29, 0.717) is 53.7 Å². The van der Waals surface area contributed by atoms with E-state index in [2.05, 4.69) is 14.9 Å². The molecule has 0 unspecified atom stereocenters. The van der Waals surface area contributed by atoms with Crippen molar-refractivity contribution in [1.82, 2.24) is 14.9 Å². The van der Waals surface area contributed by atoms with Crippen LogP contribution in [0.25, 0.3) is 11.1 Å². The number of rotatable bonds is 2. The quantitative estimate of drug-likeness (QED) is 0.606. The van der Waals surface area contributed by atoms with E-state index in [1.165, 1.54) is 0 Å². The summed E-state index contributed by atoms with van der Waals surface area (Å²) in [4.78, 5) is 26.3. The molecule has 0 aliphatic carbocycles. The number of fused-ring (bicyclic) bond motifs is 4. The molecular formula is C22H21Cl2N5O3. The summed E-state index contributed by atoms with van der Waals surface area (Å²) in [5, 5.41) is 1.21. The molecule has 10 heteroatoms. The number of carbonyl (C=O) groups excluding carboxylic acids is 1. The summed E-state index contributed by atoms with van der Waals surface area (Å²) in [7, 11) is 0. The third-order valence-electron chi connectivity index (χ3n) is 6.93. The number of carbonyl (C=O) groups is 1. The fraction of sp³-hybridized carbons (Fsp3) is 0.409. The molecule has 8 nitrogen and oxygen atoms in total. The van der Waals surface area contributed by atoms with Gasteiger partial charge in [0.2, 0.25) is 0 Å². The van der Waals surface area contributed by atoms with Crippen LogP contribution in [-0.4, -0.2) is 52.1 Å². The molecule has 0 radical (unpaired) electrons. The molecular weight excluding hydrogens is 453 g/mol. The maximum absolute atomic E-state index is 13.9. The molecule has 2 fully saturated rings. The summed E-state index contributed by atoms with van der Waals surface area (Å²) in [5.74, 6) is -0.0103. The SMILES string of the molecule is C[C@H]1c2c(Cl)cc(Cl)cc2CCN1C(=O)[C@@]12C[C@@H](CO1)N(c1cncc3nc(N)oc13)C2. The minimum Gasteiger partial charge on any atom is -0.421 e. The number of morpholine rings is 1. The molecule has 2 bridgehead atoms. The van der Waals surface area contributed by atoms with Crippen molar-refractivity contribution < 1.29 is 13.9 Å². The van der Waals surface area contributed by atoms with Gasteiger partial charge in [0.25, 0.3) is 11.9 Å². The van der Waals surface area contributed by atoms with Crippen LogP contribution in [0.2, 0.25) is 10.0 Å². The Morgan fingerprint density at radius 1 is 1.31 bits per heavy atom. The smallest absolute Gasteiger partial charge is 0.293 e. The predicted octanol–water partition coefficient (Wildman–Crippen LogP) is 3.61. The Morgan fingerprint density at radius 3 is 3.00 bits per heavy atom. The van der Waals surface area contributed by atoms with Crippen LogP contribution in [0, 0.1) is 0 Å². The maximum Gasteiger partial charge on any atom is 0.293 e. The largest absolute Gasteiger partial charge is 0.421 e. The van der Waals surface area contributed by atoms with Crippen LogP contribution in [0.4, 0.5) is 11.7 Å². The zero-order valence-electron chi connectivity index (χ0n) is 17.3. The maximum atomic E-state index is 13.9. The van der Waals surface area contributed by atoms with Gasteiger partial charge in [-0.1, -0.05) is 23.2 Å². The first-order chi connectivity index (χ1) is 15.4. The summed E-state index contributed by atoms with van der Waals surface area (Å²) in [6, 6.07) is 3.66. The van der Waals surface area contributed by atoms with E-state index in [4.69, 9.17) is 38.1 Å². The molecule has 2 N–H and O–H groups in total. The predicted molar refractivity (Wildman–Crippen MR) is 121 cm³/mol. The Kier molecular flexibility index (Phi) is 4.38. The number of amides is 1. The summed E-state index contributed by atoms with van der Waals surface area (Å²) in [5.41, 5.74) is 8.85. The van der Waals surface area contributed by atoms with Crippen molar-refractivity contribution in [2.24, 2.45) is 0 Å². The number of pyridine rings is 1. The number of oxazole rings is 1. The number of hydrogen-bond acceptors (Lipinski definition) is 7. The second-order valence-electron chi connectivity index (χ2n) is 8.74. The number of hydrogen-bond donors (Lipinski definition) is 1. The van der Waals surface area contributed by atoms with Gasteiger partial charge in [-0.15, -0.1) is 0 Å². The van der Waals surface area contributed by atoms with Gasteiger partial charge < -0.3 is 24.7 Å². The first-order valence-electron chi connectivity index (χ1n) is 10.6. The molecule has 1 aromatic carbocycles. The summed E-state index contributed by atoms with van der Waals surface area (Å²) in [6.07, 6.45) is 4.66. The molecule has 166 valence electrons. The van der Waals surface area contributed by atoms with E-state index in [9.17, 15) is 4.79 Å². The van der Waals surface area contributed by atoms with Crippen molar-refractivity contribution in [1.29, 1.82) is 0 Å². The zero-order chi connectivity index (χ0) is 22.2. The van der Waals surface area contributed by atoms with Crippen LogP contribution in [0.15, 0.2) is 28.9 Å². The summed E-state index contributed by atoms with van der Waals surface area (Å²) < 4.78 is 11.8. The van der Waals surface area contributed by atoms with Crippen molar-refractivity contribution in [2.75, 3.05) is 30.3 Å². The van der Waals surface area contributed by atoms with Gasteiger partial charge in [0.15, 0.2) is 11.2 Å². The second kappa shape index (κ2) is 6.97. The van der Waals surface area contributed by atoms with Crippen LogP contribution in [-0.2, 0) is 16.0 Å². The Labute approximate surface area is 194 Å². The highest BCUT2D eigenvalue weighted by Crippen LogP contribution is 2.45. The average molecular weight is 474 g/mol. The van der Waals surface area contributed by atoms with E-state index in [0.717, 1.165) is 16.8 Å². The fourth-order valence-electron chi connectivity index (χ4n) is 5.47. The van der Waals surface area contributed by atoms with Crippen molar-refractivity contribution in [3.63, 3.8) is 0 Å². The first kappa shape index (κ1) is 20.1. The molecule has 0 spiro atoms. The molecule has 2 aromatic heterocycles. The van der Waals surface area contributed by atoms with Gasteiger partial charge in [-0.05, 0) is 36.6 Å². The van der Waals surface area contributed by atoms with Crippen molar-refractivity contribution in [3.05, 3.63) is 45.7 Å². The average Bonchev–Trinajstić information content (AvgIpc) is 3.45. The Balaban J connectivity index is 1.32. The van der Waals surface area contributed by atoms with Crippen LogP contribution in [0.1, 0.15) is 30.5 Å². The van der Waals surface area contributed by atoms with E-state index in [-0.39, 0.29) is 24.0 Å². The fourth-order valence-corrected chi connectivity index (χ4v) is 6.16. The van der Waals surface area contributed by atoms with Crippen molar-refractivity contribution in [3.8, 4) is 0 Å². The standard InChI is InChI=1S/C22H21Cl2N5O3/c1-11-18-12(4-13(23)5-15(18)24)2-3-28(11)20(30)22-6-14(9-31-22)29(10-22)17-8-26-7-16-19(17)32-21(25)27-16/h4-5,7-8,11,14H,2-3,6,9-10H2,1H3,(H2,25,27)/t11-,14-,22-/m0/s1. The molecule has 32 heavy (non-hydrogen) atoms. The molecule has 6 rings (SSSR count). The lowest BCUT2D eigenvalue weighted by Crippen LogP contribution is -2.55. The lowest BCUT2D eigenvalue weighted by molar-refractivity contribution is -0.155. The number of benzene rings is 1. The number of nitrogens with zero attached hydrogens (tertiary/aromatic N) is 4. The summed E-state index contributed by atoms with van der Waals surface area (Å²) >= 11 is 12.7. The summed E-state index contributed by atoms with van der Waals surface area (Å²) in [6.45, 7) is 3.48. The van der Waals surface area contributed by atoms with Gasteiger partial charge in [0.05, 0.1) is 37.6 Å². The van der Waals surface area contributed by atoms with Crippen LogP contribution >= 0.6 is 23.2 Å². The molecule has 3 aliphatic heterocycles. The normalized spacial score (nSPS) is 26.7. The van der Waals surface area contributed by atoms with Crippen LogP contribution in [0.5, 0.6) is 0 Å². The molecule has 3 aliphatic rings. The second-order valence-corrected chi connectivity index (χ2v) is 9.58. The highest BCUT2D eigenvalue weighted by Gasteiger charge is 2.58. The van der Waals surface area contributed by atoms with Crippen LogP contribution < -0.4 is 10.6 Å². The molecule has 3 aromatic rings. The van der Waals surface area contributed by atoms with Crippen molar-refractivity contribution >= 4 is 51.9 Å². The number of ether oxygens (including phenoxy) is 1. The minimum absolute atomic E-state index is 0.0103. The molecule has 5 heterocycles. The third kappa shape index (κ3) is 2.82. The molecule has 3 atom stereocenters. The van der Waals surface area contributed by atoms with Gasteiger partial charge in [-0.2, -0.15) is 4.98 Å². The van der Waals surface area contributed by atoms with Gasteiger partial charge >= 0.3 is 0 Å². The van der Waals surface area contributed by atoms with Gasteiger partial charge in [0, 0.05) is 23.0 Å². The zero-order valence-corrected chi connectivity index (χ0v) is 18.9. The Bertz CT molecular complexity index is 1260. The highest BCUT2D eigenvalue weighted by molar-refractivity contribution is 6.35. The number of aromatic nitrogens is 2. The Morgan fingerprint density at radius 2 is 2.16 bits per heavy atom. The topological polar surface area (TPSA) is 97.7 Å². The molecule has 2 saturated heterocycles. The number of halogens is 2. The molecule has 1 amide bonds. The number of nitrogen functional groups attached to an aromatic ring is 1. The van der Waals surface area contributed by atoms with E-state index in [1.54, 1.807) is 18.5 Å². The number of anilines is 2. The number of nitrogens with two attached hydrogens (primary N) is 1.